The van der Waals surface area contributed by atoms with E-state index < -0.39 is 39.8 Å². The Labute approximate surface area is 140 Å². The first-order valence-corrected chi connectivity index (χ1v) is 8.59. The Bertz CT molecular complexity index is 648. The van der Waals surface area contributed by atoms with Crippen LogP contribution in [-0.4, -0.2) is 43.9 Å². The summed E-state index contributed by atoms with van der Waals surface area (Å²) in [4.78, 5) is 28.2. The predicted octanol–water partition coefficient (Wildman–Crippen LogP) is 0.483. The molecule has 0 aliphatic heterocycles. The number of hydrogen-bond donors (Lipinski definition) is 3. The van der Waals surface area contributed by atoms with Gasteiger partial charge in [0.1, 0.15) is 12.6 Å². The van der Waals surface area contributed by atoms with E-state index in [9.17, 15) is 18.0 Å². The number of carbonyl (C=O) groups excluding carboxylic acids is 2. The van der Waals surface area contributed by atoms with E-state index in [-0.39, 0.29) is 6.61 Å². The minimum absolute atomic E-state index is 0.0159. The van der Waals surface area contributed by atoms with Crippen LogP contribution in [0, 0.1) is 5.92 Å². The van der Waals surface area contributed by atoms with Crippen LogP contribution < -0.4 is 10.8 Å². The predicted molar refractivity (Wildman–Crippen MR) is 84.3 cm³/mol. The van der Waals surface area contributed by atoms with Gasteiger partial charge in [-0.25, -0.2) is 10.3 Å². The number of benzene rings is 1. The molecular weight excluding hydrogens is 340 g/mol. The molecule has 0 aliphatic carbocycles. The molecule has 2 amide bonds. The zero-order chi connectivity index (χ0) is 18.2. The molecule has 0 aromatic heterocycles. The van der Waals surface area contributed by atoms with Crippen molar-refractivity contribution >= 4 is 22.1 Å². The molecule has 0 saturated heterocycles. The third kappa shape index (κ3) is 7.40. The van der Waals surface area contributed by atoms with Gasteiger partial charge in [0, 0.05) is 5.92 Å². The van der Waals surface area contributed by atoms with Gasteiger partial charge in [-0.15, -0.1) is 0 Å². The highest BCUT2D eigenvalue weighted by Crippen LogP contribution is 2.08. The summed E-state index contributed by atoms with van der Waals surface area (Å²) in [6, 6.07) is 7.60. The molecule has 0 bridgehead atoms. The van der Waals surface area contributed by atoms with E-state index in [0.29, 0.717) is 0 Å². The van der Waals surface area contributed by atoms with E-state index in [1.807, 2.05) is 11.5 Å². The quantitative estimate of drug-likeness (QED) is 0.454. The van der Waals surface area contributed by atoms with Crippen molar-refractivity contribution in [1.82, 2.24) is 10.8 Å². The average molecular weight is 360 g/mol. The molecule has 0 fully saturated rings. The molecule has 3 N–H and O–H groups in total. The highest BCUT2D eigenvalue weighted by Gasteiger charge is 2.30. The molecular formula is C14H20N2O7S. The first-order chi connectivity index (χ1) is 11.2. The molecule has 0 heterocycles. The zero-order valence-corrected chi connectivity index (χ0v) is 14.1. The van der Waals surface area contributed by atoms with Gasteiger partial charge in [-0.1, -0.05) is 37.3 Å². The summed E-state index contributed by atoms with van der Waals surface area (Å²) in [5.41, 5.74) is 2.75. The van der Waals surface area contributed by atoms with E-state index in [0.717, 1.165) is 5.56 Å². The molecule has 0 unspecified atom stereocenters. The number of alkyl carbamates (subject to hydrolysis) is 1. The summed E-state index contributed by atoms with van der Waals surface area (Å²) < 4.78 is 35.8. The minimum atomic E-state index is -4.32. The Hall–Kier alpha value is -2.17. The highest BCUT2D eigenvalue weighted by molar-refractivity contribution is 7.85. The Morgan fingerprint density at radius 2 is 1.88 bits per heavy atom. The molecule has 0 spiro atoms. The van der Waals surface area contributed by atoms with E-state index in [1.54, 1.807) is 24.3 Å². The van der Waals surface area contributed by atoms with Crippen molar-refractivity contribution in [3.63, 3.8) is 0 Å². The molecule has 9 nitrogen and oxygen atoms in total. The summed E-state index contributed by atoms with van der Waals surface area (Å²) in [6.07, 6.45) is -0.905. The third-order valence-electron chi connectivity index (χ3n) is 3.01. The lowest BCUT2D eigenvalue weighted by molar-refractivity contribution is -0.134. The minimum Gasteiger partial charge on any atom is -0.445 e. The van der Waals surface area contributed by atoms with Gasteiger partial charge in [0.05, 0.1) is 12.9 Å². The van der Waals surface area contributed by atoms with Crippen LogP contribution in [0.1, 0.15) is 12.5 Å². The lowest BCUT2D eigenvalue weighted by atomic mass is 10.0. The number of ether oxygens (including phenoxy) is 1. The largest absolute Gasteiger partial charge is 0.445 e. The van der Waals surface area contributed by atoms with E-state index in [1.165, 1.54) is 14.0 Å². The summed E-state index contributed by atoms with van der Waals surface area (Å²) in [5.74, 6) is -2.40. The maximum absolute atomic E-state index is 11.9. The number of nitrogens with one attached hydrogen (secondary N) is 2. The molecule has 134 valence electrons. The lowest BCUT2D eigenvalue weighted by Crippen LogP contribution is -2.51. The molecule has 0 saturated carbocycles. The Morgan fingerprint density at radius 3 is 2.42 bits per heavy atom. The van der Waals surface area contributed by atoms with E-state index in [4.69, 9.17) is 9.29 Å². The Kier molecular flexibility index (Phi) is 7.62. The highest BCUT2D eigenvalue weighted by atomic mass is 32.2. The summed E-state index contributed by atoms with van der Waals surface area (Å²) in [5, 5.41) is 2.27. The SMILES string of the molecule is CONC(=O)[C@@H](NC(=O)OCc1ccccc1)[C@@H](C)CS(=O)(=O)O. The first kappa shape index (κ1) is 19.9. The first-order valence-electron chi connectivity index (χ1n) is 6.98. The second-order valence-corrected chi connectivity index (χ2v) is 6.58. The van der Waals surface area contributed by atoms with Crippen LogP contribution in [0.3, 0.4) is 0 Å². The molecule has 24 heavy (non-hydrogen) atoms. The van der Waals surface area contributed by atoms with Gasteiger partial charge in [-0.3, -0.25) is 14.2 Å². The van der Waals surface area contributed by atoms with Crippen LogP contribution in [0.5, 0.6) is 0 Å². The van der Waals surface area contributed by atoms with Crippen LogP contribution in [0.15, 0.2) is 30.3 Å². The average Bonchev–Trinajstić information content (AvgIpc) is 2.50. The number of rotatable bonds is 8. The fourth-order valence-corrected chi connectivity index (χ4v) is 2.81. The van der Waals surface area contributed by atoms with Crippen molar-refractivity contribution in [3.05, 3.63) is 35.9 Å². The summed E-state index contributed by atoms with van der Waals surface area (Å²) in [6.45, 7) is 1.36. The molecule has 0 aliphatic rings. The summed E-state index contributed by atoms with van der Waals surface area (Å²) in [7, 11) is -3.13. The molecule has 2 atom stereocenters. The van der Waals surface area contributed by atoms with Crippen LogP contribution in [0.25, 0.3) is 0 Å². The third-order valence-corrected chi connectivity index (χ3v) is 3.96. The molecule has 1 aromatic rings. The number of hydroxylamine groups is 1. The fraction of sp³-hybridized carbons (Fsp3) is 0.429. The van der Waals surface area contributed by atoms with Gasteiger partial charge in [-0.2, -0.15) is 8.42 Å². The zero-order valence-electron chi connectivity index (χ0n) is 13.3. The van der Waals surface area contributed by atoms with Crippen molar-refractivity contribution in [2.24, 2.45) is 5.92 Å². The van der Waals surface area contributed by atoms with Crippen molar-refractivity contribution in [2.75, 3.05) is 12.9 Å². The monoisotopic (exact) mass is 360 g/mol. The maximum Gasteiger partial charge on any atom is 0.408 e. The normalized spacial score (nSPS) is 13.6. The van der Waals surface area contributed by atoms with Crippen LogP contribution in [-0.2, 0) is 31.1 Å². The van der Waals surface area contributed by atoms with E-state index in [2.05, 4.69) is 10.2 Å². The number of carbonyl (C=O) groups is 2. The second-order valence-electron chi connectivity index (χ2n) is 5.08. The molecule has 1 aromatic carbocycles. The second kappa shape index (κ2) is 9.21. The summed E-state index contributed by atoms with van der Waals surface area (Å²) >= 11 is 0. The van der Waals surface area contributed by atoms with Crippen LogP contribution in [0.4, 0.5) is 4.79 Å². The van der Waals surface area contributed by atoms with Gasteiger partial charge < -0.3 is 10.1 Å². The molecule has 1 rings (SSSR count). The Morgan fingerprint density at radius 1 is 1.25 bits per heavy atom. The van der Waals surface area contributed by atoms with Crippen molar-refractivity contribution < 1.29 is 32.1 Å². The fourth-order valence-electron chi connectivity index (χ4n) is 1.95. The van der Waals surface area contributed by atoms with Crippen molar-refractivity contribution in [1.29, 1.82) is 0 Å². The lowest BCUT2D eigenvalue weighted by Gasteiger charge is -2.22. The Balaban J connectivity index is 2.69. The van der Waals surface area contributed by atoms with Gasteiger partial charge in [0.2, 0.25) is 0 Å². The van der Waals surface area contributed by atoms with Gasteiger partial charge in [0.25, 0.3) is 16.0 Å². The topological polar surface area (TPSA) is 131 Å². The van der Waals surface area contributed by atoms with Gasteiger partial charge >= 0.3 is 6.09 Å². The maximum atomic E-state index is 11.9. The standard InChI is InChI=1S/C14H20N2O7S/c1-10(9-24(19,20)21)12(13(17)16-22-2)15-14(18)23-8-11-6-4-3-5-7-11/h3-7,10,12H,8-9H2,1-2H3,(H,15,18)(H,16,17)(H,19,20,21)/t10-,12-/m0/s1. The number of hydrogen-bond acceptors (Lipinski definition) is 6. The smallest absolute Gasteiger partial charge is 0.408 e. The van der Waals surface area contributed by atoms with Gasteiger partial charge in [0.15, 0.2) is 0 Å². The van der Waals surface area contributed by atoms with Crippen molar-refractivity contribution in [2.45, 2.75) is 19.6 Å². The van der Waals surface area contributed by atoms with Crippen LogP contribution >= 0.6 is 0 Å². The van der Waals surface area contributed by atoms with E-state index >= 15 is 0 Å². The van der Waals surface area contributed by atoms with Crippen LogP contribution in [0.2, 0.25) is 0 Å². The molecule has 10 heteroatoms. The van der Waals surface area contributed by atoms with Crippen molar-refractivity contribution in [3.8, 4) is 0 Å². The number of amides is 2. The van der Waals surface area contributed by atoms with Gasteiger partial charge in [-0.05, 0) is 5.56 Å². The molecule has 0 radical (unpaired) electrons.